The third kappa shape index (κ3) is 7.30. The molecule has 2 saturated carbocycles. The number of hydrogen-bond acceptors (Lipinski definition) is 1. The van der Waals surface area contributed by atoms with E-state index in [0.717, 1.165) is 5.92 Å². The van der Waals surface area contributed by atoms with Gasteiger partial charge < -0.3 is 0 Å². The molecule has 0 aromatic heterocycles. The van der Waals surface area contributed by atoms with Crippen LogP contribution in [0.25, 0.3) is 0 Å². The molecule has 24 heavy (non-hydrogen) atoms. The molecular formula is C20H29F3O. The van der Waals surface area contributed by atoms with Crippen molar-refractivity contribution < 1.29 is 17.9 Å². The smallest absolute Gasteiger partial charge is 0.289 e. The summed E-state index contributed by atoms with van der Waals surface area (Å²) in [6.45, 7) is 2.25. The lowest BCUT2D eigenvalue weighted by Gasteiger charge is -2.26. The van der Waals surface area contributed by atoms with E-state index < -0.39 is 12.5 Å². The molecule has 4 heteroatoms. The van der Waals surface area contributed by atoms with E-state index in [1.54, 1.807) is 0 Å². The number of alkyl halides is 3. The van der Waals surface area contributed by atoms with Crippen LogP contribution in [-0.4, -0.2) is 12.5 Å². The highest BCUT2D eigenvalue weighted by Gasteiger charge is 2.35. The van der Waals surface area contributed by atoms with E-state index in [0.29, 0.717) is 31.6 Å². The van der Waals surface area contributed by atoms with E-state index in [2.05, 4.69) is 29.6 Å². The summed E-state index contributed by atoms with van der Waals surface area (Å²) >= 11 is 0. The second kappa shape index (κ2) is 9.51. The zero-order valence-electron chi connectivity index (χ0n) is 14.6. The van der Waals surface area contributed by atoms with E-state index >= 15 is 0 Å². The summed E-state index contributed by atoms with van der Waals surface area (Å²) in [6.07, 6.45) is 9.13. The fraction of sp³-hybridized carbons (Fsp3) is 0.800. The van der Waals surface area contributed by atoms with Gasteiger partial charge in [0.15, 0.2) is 0 Å². The average Bonchev–Trinajstić information content (AvgIpc) is 2.53. The molecule has 0 aromatic rings. The van der Waals surface area contributed by atoms with Gasteiger partial charge in [-0.05, 0) is 69.3 Å². The maximum absolute atomic E-state index is 12.2. The van der Waals surface area contributed by atoms with Crippen LogP contribution in [0.1, 0.15) is 71.1 Å². The molecular weight excluding hydrogens is 313 g/mol. The Labute approximate surface area is 144 Å². The zero-order valence-corrected chi connectivity index (χ0v) is 14.6. The van der Waals surface area contributed by atoms with Crippen LogP contribution in [0.15, 0.2) is 12.2 Å². The highest BCUT2D eigenvalue weighted by Crippen LogP contribution is 2.32. The van der Waals surface area contributed by atoms with Crippen molar-refractivity contribution in [1.82, 2.24) is 0 Å². The van der Waals surface area contributed by atoms with Crippen molar-refractivity contribution in [3.8, 4) is 11.8 Å². The second-order valence-corrected chi connectivity index (χ2v) is 7.25. The first-order valence-corrected chi connectivity index (χ1v) is 9.38. The zero-order chi connectivity index (χ0) is 17.4. The Morgan fingerprint density at radius 3 is 2.25 bits per heavy atom. The SMILES string of the molecule is CCCC1CCC(/C=C/C#CC2CCC(OC(F)(F)F)CC2)CC1. The van der Waals surface area contributed by atoms with E-state index in [4.69, 9.17) is 0 Å². The summed E-state index contributed by atoms with van der Waals surface area (Å²) in [5.74, 6) is 8.09. The van der Waals surface area contributed by atoms with Crippen LogP contribution in [0.2, 0.25) is 0 Å². The standard InChI is InChI=1S/C20H29F3O/c1-2-5-16-8-10-17(11-9-16)6-3-4-7-18-12-14-19(15-13-18)24-20(21,22)23/h3,6,16-19H,2,5,8-15H2,1H3/b6-3+. The summed E-state index contributed by atoms with van der Waals surface area (Å²) < 4.78 is 40.6. The Bertz CT molecular complexity index is 442. The van der Waals surface area contributed by atoms with Crippen molar-refractivity contribution >= 4 is 0 Å². The van der Waals surface area contributed by atoms with Gasteiger partial charge in [-0.3, -0.25) is 4.74 Å². The lowest BCUT2D eigenvalue weighted by molar-refractivity contribution is -0.345. The largest absolute Gasteiger partial charge is 0.522 e. The van der Waals surface area contributed by atoms with Gasteiger partial charge in [0.25, 0.3) is 0 Å². The van der Waals surface area contributed by atoms with Crippen LogP contribution in [0, 0.1) is 29.6 Å². The van der Waals surface area contributed by atoms with Gasteiger partial charge in [-0.25, -0.2) is 0 Å². The van der Waals surface area contributed by atoms with Crippen LogP contribution in [0.5, 0.6) is 0 Å². The molecule has 0 heterocycles. The Hall–Kier alpha value is -0.950. The van der Waals surface area contributed by atoms with E-state index in [1.807, 2.05) is 6.08 Å². The highest BCUT2D eigenvalue weighted by molar-refractivity contribution is 5.18. The van der Waals surface area contributed by atoms with Gasteiger partial charge in [0.05, 0.1) is 6.10 Å². The van der Waals surface area contributed by atoms with Crippen LogP contribution in [-0.2, 0) is 4.74 Å². The Balaban J connectivity index is 1.65. The molecule has 2 fully saturated rings. The summed E-state index contributed by atoms with van der Waals surface area (Å²) in [6, 6.07) is 0. The van der Waals surface area contributed by atoms with Crippen LogP contribution >= 0.6 is 0 Å². The van der Waals surface area contributed by atoms with Crippen LogP contribution < -0.4 is 0 Å². The highest BCUT2D eigenvalue weighted by atomic mass is 19.4. The minimum atomic E-state index is -4.51. The number of rotatable bonds is 4. The van der Waals surface area contributed by atoms with Gasteiger partial charge in [0.2, 0.25) is 0 Å². The topological polar surface area (TPSA) is 9.23 Å². The fourth-order valence-corrected chi connectivity index (χ4v) is 3.94. The molecule has 1 nitrogen and oxygen atoms in total. The molecule has 0 unspecified atom stereocenters. The molecule has 0 spiro atoms. The number of ether oxygens (including phenoxy) is 1. The molecule has 0 radical (unpaired) electrons. The van der Waals surface area contributed by atoms with Crippen molar-refractivity contribution in [3.63, 3.8) is 0 Å². The van der Waals surface area contributed by atoms with Crippen molar-refractivity contribution in [2.24, 2.45) is 17.8 Å². The molecule has 136 valence electrons. The van der Waals surface area contributed by atoms with Gasteiger partial charge in [0.1, 0.15) is 0 Å². The average molecular weight is 342 g/mol. The molecule has 0 saturated heterocycles. The van der Waals surface area contributed by atoms with E-state index in [1.165, 1.54) is 38.5 Å². The van der Waals surface area contributed by atoms with E-state index in [9.17, 15) is 13.2 Å². The van der Waals surface area contributed by atoms with Crippen LogP contribution in [0.3, 0.4) is 0 Å². The first kappa shape index (κ1) is 19.4. The first-order chi connectivity index (χ1) is 11.5. The molecule has 0 bridgehead atoms. The monoisotopic (exact) mass is 342 g/mol. The number of halogens is 3. The first-order valence-electron chi connectivity index (χ1n) is 9.38. The van der Waals surface area contributed by atoms with Gasteiger partial charge in [-0.2, -0.15) is 0 Å². The Morgan fingerprint density at radius 1 is 1.00 bits per heavy atom. The van der Waals surface area contributed by atoms with Crippen molar-refractivity contribution in [2.75, 3.05) is 0 Å². The third-order valence-electron chi connectivity index (χ3n) is 5.30. The summed E-state index contributed by atoms with van der Waals surface area (Å²) in [4.78, 5) is 0. The normalized spacial score (nSPS) is 31.7. The third-order valence-corrected chi connectivity index (χ3v) is 5.30. The maximum atomic E-state index is 12.2. The van der Waals surface area contributed by atoms with Gasteiger partial charge in [-0.1, -0.05) is 37.7 Å². The van der Waals surface area contributed by atoms with Crippen molar-refractivity contribution in [1.29, 1.82) is 0 Å². The van der Waals surface area contributed by atoms with Crippen LogP contribution in [0.4, 0.5) is 13.2 Å². The van der Waals surface area contributed by atoms with Crippen molar-refractivity contribution in [3.05, 3.63) is 12.2 Å². The Morgan fingerprint density at radius 2 is 1.67 bits per heavy atom. The molecule has 0 atom stereocenters. The lowest BCUT2D eigenvalue weighted by atomic mass is 9.80. The molecule has 2 aliphatic rings. The molecule has 0 amide bonds. The van der Waals surface area contributed by atoms with Gasteiger partial charge in [0, 0.05) is 5.92 Å². The summed E-state index contributed by atoms with van der Waals surface area (Å²) in [5.41, 5.74) is 0. The Kier molecular flexibility index (Phi) is 7.68. The second-order valence-electron chi connectivity index (χ2n) is 7.25. The molecule has 0 aliphatic heterocycles. The summed E-state index contributed by atoms with van der Waals surface area (Å²) in [5, 5.41) is 0. The predicted molar refractivity (Wildman–Crippen MR) is 90.2 cm³/mol. The number of hydrogen-bond donors (Lipinski definition) is 0. The quantitative estimate of drug-likeness (QED) is 0.549. The lowest BCUT2D eigenvalue weighted by Crippen LogP contribution is -2.27. The molecule has 2 aliphatic carbocycles. The van der Waals surface area contributed by atoms with E-state index in [-0.39, 0.29) is 5.92 Å². The molecule has 2 rings (SSSR count). The molecule has 0 aromatic carbocycles. The maximum Gasteiger partial charge on any atom is 0.522 e. The molecule has 0 N–H and O–H groups in total. The minimum absolute atomic E-state index is 0.211. The van der Waals surface area contributed by atoms with Gasteiger partial charge in [-0.15, -0.1) is 13.2 Å². The minimum Gasteiger partial charge on any atom is -0.289 e. The summed E-state index contributed by atoms with van der Waals surface area (Å²) in [7, 11) is 0. The number of allylic oxidation sites excluding steroid dienone is 2. The fourth-order valence-electron chi connectivity index (χ4n) is 3.94. The van der Waals surface area contributed by atoms with Gasteiger partial charge >= 0.3 is 6.36 Å². The van der Waals surface area contributed by atoms with Crippen molar-refractivity contribution in [2.45, 2.75) is 83.6 Å². The predicted octanol–water partition coefficient (Wildman–Crippen LogP) is 6.25.